The molecule has 1 aliphatic rings. The number of hydrogen-bond donors (Lipinski definition) is 2. The number of rotatable bonds is 6. The van der Waals surface area contributed by atoms with E-state index in [1.807, 2.05) is 11.8 Å². The second kappa shape index (κ2) is 7.39. The topological polar surface area (TPSA) is 41.1 Å². The van der Waals surface area contributed by atoms with Crippen LogP contribution in [-0.2, 0) is 4.79 Å². The average molecular weight is 272 g/mol. The van der Waals surface area contributed by atoms with Gasteiger partial charge in [0.2, 0.25) is 5.91 Å². The highest BCUT2D eigenvalue weighted by Gasteiger charge is 2.23. The molecular weight excluding hydrogens is 244 g/mol. The molecule has 0 bridgehead atoms. The van der Waals surface area contributed by atoms with Gasteiger partial charge in [0.25, 0.3) is 0 Å². The molecule has 1 aliphatic heterocycles. The zero-order chi connectivity index (χ0) is 13.6. The third-order valence-electron chi connectivity index (χ3n) is 4.04. The van der Waals surface area contributed by atoms with Crippen LogP contribution in [0.15, 0.2) is 0 Å². The van der Waals surface area contributed by atoms with Crippen molar-refractivity contribution in [2.45, 2.75) is 45.8 Å². The van der Waals surface area contributed by atoms with E-state index in [1.54, 1.807) is 0 Å². The lowest BCUT2D eigenvalue weighted by Crippen LogP contribution is -2.38. The lowest BCUT2D eigenvalue weighted by molar-refractivity contribution is -0.119. The molecule has 2 N–H and O–H groups in total. The van der Waals surface area contributed by atoms with Crippen molar-refractivity contribution >= 4 is 17.7 Å². The summed E-state index contributed by atoms with van der Waals surface area (Å²) in [5.41, 5.74) is 0.176. The number of carbonyl (C=O) groups is 1. The summed E-state index contributed by atoms with van der Waals surface area (Å²) in [6.45, 7) is 11.8. The molecule has 0 aromatic heterocycles. The fourth-order valence-electron chi connectivity index (χ4n) is 1.74. The molecule has 0 aliphatic carbocycles. The third kappa shape index (κ3) is 5.61. The molecule has 3 nitrogen and oxygen atoms in total. The molecule has 1 heterocycles. The Balaban J connectivity index is 2.17. The van der Waals surface area contributed by atoms with Gasteiger partial charge in [-0.2, -0.15) is 0 Å². The van der Waals surface area contributed by atoms with E-state index in [0.717, 1.165) is 19.6 Å². The maximum Gasteiger partial charge on any atom is 0.230 e. The maximum atomic E-state index is 11.8. The van der Waals surface area contributed by atoms with Crippen LogP contribution in [0.1, 0.15) is 40.5 Å². The summed E-state index contributed by atoms with van der Waals surface area (Å²) in [5, 5.41) is 7.08. The van der Waals surface area contributed by atoms with E-state index in [-0.39, 0.29) is 11.3 Å². The van der Waals surface area contributed by atoms with E-state index in [4.69, 9.17) is 0 Å². The first-order chi connectivity index (χ1) is 8.42. The molecule has 1 fully saturated rings. The van der Waals surface area contributed by atoms with Crippen molar-refractivity contribution in [2.75, 3.05) is 25.4 Å². The second-order valence-corrected chi connectivity index (χ2v) is 7.47. The molecule has 1 rings (SSSR count). The molecule has 18 heavy (non-hydrogen) atoms. The number of thioether (sulfide) groups is 1. The Kier molecular flexibility index (Phi) is 6.50. The van der Waals surface area contributed by atoms with Gasteiger partial charge in [0.15, 0.2) is 0 Å². The minimum atomic E-state index is 0.176. The van der Waals surface area contributed by atoms with Crippen molar-refractivity contribution < 1.29 is 4.79 Å². The van der Waals surface area contributed by atoms with Crippen LogP contribution in [-0.4, -0.2) is 36.5 Å². The minimum Gasteiger partial charge on any atom is -0.355 e. The van der Waals surface area contributed by atoms with Crippen molar-refractivity contribution in [3.8, 4) is 0 Å². The first-order valence-corrected chi connectivity index (χ1v) is 8.05. The number of nitrogens with one attached hydrogen (secondary N) is 2. The molecule has 0 radical (unpaired) electrons. The van der Waals surface area contributed by atoms with Crippen molar-refractivity contribution in [3.05, 3.63) is 0 Å². The Morgan fingerprint density at radius 2 is 2.00 bits per heavy atom. The van der Waals surface area contributed by atoms with Crippen LogP contribution in [0, 0.1) is 11.3 Å². The van der Waals surface area contributed by atoms with Gasteiger partial charge in [-0.25, -0.2) is 0 Å². The largest absolute Gasteiger partial charge is 0.355 e. The standard InChI is InChI=1S/C14H28N2OS/c1-11(2)14(3,4)10-16-13(17)9-18-12-5-7-15-8-6-12/h11-12,15H,5-10H2,1-4H3,(H,16,17). The minimum absolute atomic E-state index is 0.176. The summed E-state index contributed by atoms with van der Waals surface area (Å²) in [7, 11) is 0. The Morgan fingerprint density at radius 1 is 1.39 bits per heavy atom. The van der Waals surface area contributed by atoms with Gasteiger partial charge in [-0.3, -0.25) is 4.79 Å². The second-order valence-electron chi connectivity index (χ2n) is 6.18. The number of piperidine rings is 1. The van der Waals surface area contributed by atoms with Gasteiger partial charge in [-0.1, -0.05) is 27.7 Å². The van der Waals surface area contributed by atoms with E-state index in [1.165, 1.54) is 12.8 Å². The summed E-state index contributed by atoms with van der Waals surface area (Å²) >= 11 is 1.81. The monoisotopic (exact) mass is 272 g/mol. The molecular formula is C14H28N2OS. The van der Waals surface area contributed by atoms with Gasteiger partial charge in [-0.05, 0) is 37.3 Å². The molecule has 0 atom stereocenters. The van der Waals surface area contributed by atoms with E-state index in [2.05, 4.69) is 38.3 Å². The Bertz CT molecular complexity index is 261. The third-order valence-corrected chi connectivity index (χ3v) is 5.41. The van der Waals surface area contributed by atoms with Crippen molar-refractivity contribution in [1.29, 1.82) is 0 Å². The first kappa shape index (κ1) is 15.8. The highest BCUT2D eigenvalue weighted by atomic mass is 32.2. The summed E-state index contributed by atoms with van der Waals surface area (Å²) in [6, 6.07) is 0. The molecule has 1 amide bonds. The summed E-state index contributed by atoms with van der Waals surface area (Å²) in [4.78, 5) is 11.8. The molecule has 106 valence electrons. The fourth-order valence-corrected chi connectivity index (χ4v) is 2.80. The Labute approximate surface area is 116 Å². The van der Waals surface area contributed by atoms with Gasteiger partial charge < -0.3 is 10.6 Å². The van der Waals surface area contributed by atoms with Crippen molar-refractivity contribution in [3.63, 3.8) is 0 Å². The van der Waals surface area contributed by atoms with Crippen LogP contribution in [0.4, 0.5) is 0 Å². The van der Waals surface area contributed by atoms with Gasteiger partial charge in [0.05, 0.1) is 5.75 Å². The number of hydrogen-bond acceptors (Lipinski definition) is 3. The molecule has 0 aromatic rings. The van der Waals surface area contributed by atoms with Crippen molar-refractivity contribution in [1.82, 2.24) is 10.6 Å². The van der Waals surface area contributed by atoms with Crippen LogP contribution < -0.4 is 10.6 Å². The molecule has 0 saturated carbocycles. The van der Waals surface area contributed by atoms with E-state index < -0.39 is 0 Å². The van der Waals surface area contributed by atoms with E-state index in [9.17, 15) is 4.79 Å². The quantitative estimate of drug-likeness (QED) is 0.779. The highest BCUT2D eigenvalue weighted by Crippen LogP contribution is 2.25. The van der Waals surface area contributed by atoms with Gasteiger partial charge in [-0.15, -0.1) is 11.8 Å². The van der Waals surface area contributed by atoms with Gasteiger partial charge >= 0.3 is 0 Å². The normalized spacial score (nSPS) is 18.1. The van der Waals surface area contributed by atoms with Crippen LogP contribution in [0.2, 0.25) is 0 Å². The lowest BCUT2D eigenvalue weighted by atomic mass is 9.81. The maximum absolute atomic E-state index is 11.8. The Hall–Kier alpha value is -0.220. The van der Waals surface area contributed by atoms with Crippen LogP contribution in [0.25, 0.3) is 0 Å². The predicted molar refractivity (Wildman–Crippen MR) is 80.0 cm³/mol. The van der Waals surface area contributed by atoms with E-state index in [0.29, 0.717) is 16.9 Å². The summed E-state index contributed by atoms with van der Waals surface area (Å²) in [5.74, 6) is 1.38. The molecule has 0 unspecified atom stereocenters. The lowest BCUT2D eigenvalue weighted by Gasteiger charge is -2.29. The molecule has 0 aromatic carbocycles. The predicted octanol–water partition coefficient (Wildman–Crippen LogP) is 2.27. The van der Waals surface area contributed by atoms with E-state index >= 15 is 0 Å². The van der Waals surface area contributed by atoms with Crippen LogP contribution in [0.3, 0.4) is 0 Å². The first-order valence-electron chi connectivity index (χ1n) is 7.01. The smallest absolute Gasteiger partial charge is 0.230 e. The zero-order valence-corrected chi connectivity index (χ0v) is 13.0. The number of carbonyl (C=O) groups excluding carboxylic acids is 1. The van der Waals surface area contributed by atoms with Crippen LogP contribution in [0.5, 0.6) is 0 Å². The average Bonchev–Trinajstić information content (AvgIpc) is 2.35. The van der Waals surface area contributed by atoms with Crippen molar-refractivity contribution in [2.24, 2.45) is 11.3 Å². The molecule has 1 saturated heterocycles. The highest BCUT2D eigenvalue weighted by molar-refractivity contribution is 8.00. The van der Waals surface area contributed by atoms with Gasteiger partial charge in [0.1, 0.15) is 0 Å². The summed E-state index contributed by atoms with van der Waals surface area (Å²) < 4.78 is 0. The fraction of sp³-hybridized carbons (Fsp3) is 0.929. The zero-order valence-electron chi connectivity index (χ0n) is 12.2. The summed E-state index contributed by atoms with van der Waals surface area (Å²) in [6.07, 6.45) is 2.38. The molecule has 0 spiro atoms. The number of amides is 1. The molecule has 4 heteroatoms. The SMILES string of the molecule is CC(C)C(C)(C)CNC(=O)CSC1CCNCC1. The van der Waals surface area contributed by atoms with Crippen LogP contribution >= 0.6 is 11.8 Å². The Morgan fingerprint density at radius 3 is 2.56 bits per heavy atom. The van der Waals surface area contributed by atoms with Gasteiger partial charge in [0, 0.05) is 11.8 Å².